The summed E-state index contributed by atoms with van der Waals surface area (Å²) in [5.74, 6) is 4.56. The van der Waals surface area contributed by atoms with Crippen molar-refractivity contribution < 1.29 is 22.8 Å². The van der Waals surface area contributed by atoms with Crippen LogP contribution >= 0.6 is 0 Å². The van der Waals surface area contributed by atoms with E-state index in [-0.39, 0.29) is 21.7 Å². The minimum absolute atomic E-state index is 0.104. The molecule has 0 saturated carbocycles. The molecule has 0 radical (unpaired) electrons. The quantitative estimate of drug-likeness (QED) is 0.0763. The molecule has 0 aliphatic carbocycles. The van der Waals surface area contributed by atoms with Crippen LogP contribution in [-0.4, -0.2) is 0 Å². The minimum Gasteiger partial charge on any atom is -0.200 e. The average molecular weight is 1830 g/mol. The maximum atomic E-state index is 2.44. The number of rotatable bonds is 18. The molecule has 5 heteroatoms. The molecule has 5 nitrogen and oxygen atoms in total. The monoisotopic (exact) mass is 1830 g/mol. The van der Waals surface area contributed by atoms with E-state index in [1.165, 1.54) is 248 Å². The van der Waals surface area contributed by atoms with Crippen LogP contribution in [0.1, 0.15) is 379 Å². The Kier molecular flexibility index (Phi) is 34.1. The van der Waals surface area contributed by atoms with E-state index >= 15 is 0 Å². The molecule has 137 heavy (non-hydrogen) atoms. The average Bonchev–Trinajstić information content (AvgIpc) is 0.768. The first-order valence-electron chi connectivity index (χ1n) is 52.0. The number of aryl methyl sites for hydroxylation is 8. The highest BCUT2D eigenvalue weighted by Gasteiger charge is 2.32. The minimum atomic E-state index is 0.104. The van der Waals surface area contributed by atoms with E-state index in [1.54, 1.807) is 0 Å². The highest BCUT2D eigenvalue weighted by molar-refractivity contribution is 5.99. The van der Waals surface area contributed by atoms with Gasteiger partial charge in [0.05, 0.1) is 49.2 Å². The van der Waals surface area contributed by atoms with Crippen molar-refractivity contribution in [2.75, 3.05) is 0 Å². The SMILES string of the molecule is CCC(C)c1ccc2c(-c3cc(C(C)(C)C)cc(C(C)(C)C)c3C)[n+](C)ccc2c1.CCC(C)c1ccc2c(-c3cc(C(C)(C)C)cc(C)c3C)[n+](C)ccc2c1.CCC(C)c1ccc2c(-c3cc(C(C)(C)C)ccc3C)[n+](C)ccc2c1.CCC(C)c1ccc2c(-c3cc(C(C)C)cc(C(C)C)c3C)[n+](C)ccc2c1.CCC(C)c1ccc2c(-c3cc(C(C)C)cc(C)c3C)[n+](C)ccc2c1. The smallest absolute Gasteiger partial charge is 0.200 e. The van der Waals surface area contributed by atoms with Crippen molar-refractivity contribution in [2.24, 2.45) is 35.2 Å². The third-order valence-electron chi connectivity index (χ3n) is 30.8. The van der Waals surface area contributed by atoms with E-state index in [0.29, 0.717) is 47.3 Å². The summed E-state index contributed by atoms with van der Waals surface area (Å²) in [4.78, 5) is 0. The summed E-state index contributed by atoms with van der Waals surface area (Å²) in [6.07, 6.45) is 16.9. The van der Waals surface area contributed by atoms with E-state index in [4.69, 9.17) is 0 Å². The van der Waals surface area contributed by atoms with Crippen LogP contribution in [0.25, 0.3) is 110 Å². The second kappa shape index (κ2) is 43.7. The van der Waals surface area contributed by atoms with Crippen LogP contribution < -0.4 is 22.8 Å². The molecule has 5 unspecified atom stereocenters. The summed E-state index contributed by atoms with van der Waals surface area (Å²) in [6, 6.07) is 72.5. The predicted octanol–water partition coefficient (Wildman–Crippen LogP) is 34.9. The molecular formula is C132H174N5+5. The van der Waals surface area contributed by atoms with E-state index < -0.39 is 0 Å². The zero-order chi connectivity index (χ0) is 101. The fraction of sp³-hybridized carbons (Fsp3) is 0.432. The zero-order valence-electron chi connectivity index (χ0n) is 92.7. The van der Waals surface area contributed by atoms with Gasteiger partial charge in [0, 0.05) is 35.9 Å². The van der Waals surface area contributed by atoms with Gasteiger partial charge in [0.25, 0.3) is 0 Å². The van der Waals surface area contributed by atoms with Crippen molar-refractivity contribution >= 4 is 53.9 Å². The molecule has 722 valence electrons. The van der Waals surface area contributed by atoms with Gasteiger partial charge in [0.15, 0.2) is 31.0 Å². The van der Waals surface area contributed by atoms with Crippen LogP contribution in [0.4, 0.5) is 0 Å². The second-order valence-corrected chi connectivity index (χ2v) is 46.1. The Balaban J connectivity index is 0.000000164. The van der Waals surface area contributed by atoms with Crippen molar-refractivity contribution in [2.45, 2.75) is 343 Å². The number of nitrogens with zero attached hydrogens (tertiary/aromatic N) is 5. The second-order valence-electron chi connectivity index (χ2n) is 46.1. The Bertz CT molecular complexity index is 6860. The highest BCUT2D eigenvalue weighted by atomic mass is 14.9. The summed E-state index contributed by atoms with van der Waals surface area (Å²) in [6.45, 7) is 80.0. The standard InChI is InChI=1S/C29H40N.C27H36N.C26H34N.2C25H32N/c1-11-19(2)21-12-13-24-22(16-21)14-15-30(10)27(24)25-17-23(28(4,5)6)18-26(20(25)3)29(7,8)9;1-9-19(6)21-10-11-24-22(14-21)12-13-28(8)27(24)26-16-23(17(2)3)15-25(18(4)5)20(26)7;1-9-17(2)20-10-11-23-21(15-20)12-13-27(8)25(23)24-16-22(26(5,6)7)14-18(3)19(24)4;1-8-17(2)19-10-12-22-20(15-19)13-14-26(7)24(22)23-16-21(25(4,5)6)11-9-18(23)3;1-8-17(4)20-9-10-23-21(14-20)11-12-26(7)25(23)24-15-22(16(2)3)13-18(5)19(24)6/h12-19H,11H2,1-10H3;10-19H,9H2,1-8H3;10-17H,9H2,1-8H3;2*9-17H,8H2,1-7H3/q5*+1. The number of benzene rings is 10. The number of hydrogen-bond donors (Lipinski definition) is 0. The number of pyridine rings is 5. The van der Waals surface area contributed by atoms with Gasteiger partial charge in [-0.3, -0.25) is 0 Å². The molecule has 0 N–H and O–H groups in total. The van der Waals surface area contributed by atoms with E-state index in [2.05, 4.69) is 519 Å². The van der Waals surface area contributed by atoms with Gasteiger partial charge in [-0.1, -0.05) is 291 Å². The maximum Gasteiger partial charge on any atom is 0.220 e. The Morgan fingerprint density at radius 2 is 0.482 bits per heavy atom. The van der Waals surface area contributed by atoms with Gasteiger partial charge in [0.2, 0.25) is 28.5 Å². The lowest BCUT2D eigenvalue weighted by Crippen LogP contribution is -2.31. The van der Waals surface area contributed by atoms with Crippen LogP contribution in [0.15, 0.2) is 219 Å². The highest BCUT2D eigenvalue weighted by Crippen LogP contribution is 2.44. The molecule has 0 aliphatic heterocycles. The van der Waals surface area contributed by atoms with E-state index in [0.717, 1.165) is 0 Å². The summed E-state index contributed by atoms with van der Waals surface area (Å²) in [5.41, 5.74) is 40.6. The molecule has 0 amide bonds. The summed E-state index contributed by atoms with van der Waals surface area (Å²) in [5, 5.41) is 13.3. The lowest BCUT2D eigenvalue weighted by Gasteiger charge is -2.28. The lowest BCUT2D eigenvalue weighted by molar-refractivity contribution is -0.659. The van der Waals surface area contributed by atoms with Gasteiger partial charge in [-0.2, -0.15) is 0 Å². The Morgan fingerprint density at radius 1 is 0.219 bits per heavy atom. The third-order valence-corrected chi connectivity index (χ3v) is 30.8. The van der Waals surface area contributed by atoms with E-state index in [1.807, 2.05) is 0 Å². The van der Waals surface area contributed by atoms with Crippen LogP contribution in [0.3, 0.4) is 0 Å². The van der Waals surface area contributed by atoms with E-state index in [9.17, 15) is 0 Å². The fourth-order valence-electron chi connectivity index (χ4n) is 19.8. The molecule has 5 aromatic heterocycles. The normalized spacial score (nSPS) is 13.2. The van der Waals surface area contributed by atoms with Crippen molar-refractivity contribution in [1.82, 2.24) is 0 Å². The van der Waals surface area contributed by atoms with Crippen molar-refractivity contribution in [1.29, 1.82) is 0 Å². The van der Waals surface area contributed by atoms with Gasteiger partial charge in [0.1, 0.15) is 35.2 Å². The first kappa shape index (κ1) is 107. The molecule has 0 spiro atoms. The van der Waals surface area contributed by atoms with Gasteiger partial charge in [-0.25, -0.2) is 22.8 Å². The number of fused-ring (bicyclic) bond motifs is 5. The topological polar surface area (TPSA) is 19.4 Å². The maximum absolute atomic E-state index is 2.44. The molecular weight excluding hydrogens is 1660 g/mol. The largest absolute Gasteiger partial charge is 0.220 e. The Morgan fingerprint density at radius 3 is 0.766 bits per heavy atom. The molecule has 0 aliphatic rings. The summed E-state index contributed by atoms with van der Waals surface area (Å²) < 4.78 is 11.4. The molecule has 5 heterocycles. The zero-order valence-corrected chi connectivity index (χ0v) is 92.7. The van der Waals surface area contributed by atoms with Crippen molar-refractivity contribution in [3.05, 3.63) is 325 Å². The third kappa shape index (κ3) is 23.9. The van der Waals surface area contributed by atoms with Gasteiger partial charge in [-0.05, 0) is 343 Å². The van der Waals surface area contributed by atoms with Gasteiger partial charge >= 0.3 is 0 Å². The molecule has 0 fully saturated rings. The lowest BCUT2D eigenvalue weighted by atomic mass is 9.76. The summed E-state index contributed by atoms with van der Waals surface area (Å²) in [7, 11) is 10.8. The van der Waals surface area contributed by atoms with Crippen LogP contribution in [0.5, 0.6) is 0 Å². The van der Waals surface area contributed by atoms with Crippen LogP contribution in [-0.2, 0) is 56.9 Å². The molecule has 15 aromatic rings. The van der Waals surface area contributed by atoms with Gasteiger partial charge in [-0.15, -0.1) is 0 Å². The predicted molar refractivity (Wildman–Crippen MR) is 597 cm³/mol. The number of hydrogen-bond acceptors (Lipinski definition) is 0. The Hall–Kier alpha value is -10.8. The Labute approximate surface area is 830 Å². The summed E-state index contributed by atoms with van der Waals surface area (Å²) >= 11 is 0. The molecule has 10 aromatic carbocycles. The van der Waals surface area contributed by atoms with Gasteiger partial charge < -0.3 is 0 Å². The van der Waals surface area contributed by atoms with Crippen LogP contribution in [0.2, 0.25) is 0 Å². The molecule has 15 rings (SSSR count). The first-order valence-corrected chi connectivity index (χ1v) is 52.0. The molecule has 0 saturated heterocycles. The molecule has 0 bridgehead atoms. The van der Waals surface area contributed by atoms with Crippen molar-refractivity contribution in [3.8, 4) is 56.3 Å². The first-order chi connectivity index (χ1) is 64.3. The van der Waals surface area contributed by atoms with Crippen molar-refractivity contribution in [3.63, 3.8) is 0 Å². The van der Waals surface area contributed by atoms with Crippen LogP contribution in [0, 0.1) is 48.5 Å². The number of aromatic nitrogens is 5. The fourth-order valence-corrected chi connectivity index (χ4v) is 19.8. The molecule has 5 atom stereocenters.